The van der Waals surface area contributed by atoms with E-state index in [1.54, 1.807) is 42.5 Å². The minimum Gasteiger partial charge on any atom is -0.325 e. The number of benzene rings is 2. The molecule has 30 heavy (non-hydrogen) atoms. The highest BCUT2D eigenvalue weighted by Gasteiger charge is 2.19. The number of hydrogen-bond donors (Lipinski definition) is 1. The van der Waals surface area contributed by atoms with Crippen molar-refractivity contribution in [1.82, 2.24) is 9.29 Å². The second-order valence-corrected chi connectivity index (χ2v) is 10.9. The molecule has 1 amide bonds. The Hall–Kier alpha value is -2.13. The predicted octanol–water partition coefficient (Wildman–Crippen LogP) is 4.57. The van der Waals surface area contributed by atoms with E-state index in [1.165, 1.54) is 30.2 Å². The lowest BCUT2D eigenvalue weighted by molar-refractivity contribution is -0.115. The van der Waals surface area contributed by atoms with Gasteiger partial charge in [0.15, 0.2) is 0 Å². The average Bonchev–Trinajstić information content (AvgIpc) is 2.69. The Balaban J connectivity index is 1.81. The number of pyridine rings is 1. The normalized spacial score (nSPS) is 12.9. The van der Waals surface area contributed by atoms with Gasteiger partial charge in [-0.1, -0.05) is 23.4 Å². The maximum Gasteiger partial charge on any atom is 0.242 e. The van der Waals surface area contributed by atoms with Gasteiger partial charge in [-0.2, -0.15) is 0 Å². The molecule has 1 atom stereocenters. The molecule has 0 saturated heterocycles. The van der Waals surface area contributed by atoms with Crippen molar-refractivity contribution in [2.24, 2.45) is 0 Å². The first-order valence-corrected chi connectivity index (χ1v) is 11.8. The fourth-order valence-electron chi connectivity index (χ4n) is 2.79. The van der Waals surface area contributed by atoms with Gasteiger partial charge in [0.2, 0.25) is 15.9 Å². The molecule has 158 valence electrons. The maximum absolute atomic E-state index is 12.5. The lowest BCUT2D eigenvalue weighted by Crippen LogP contribution is -2.22. The first-order valence-electron chi connectivity index (χ1n) is 9.15. The number of nitrogens with one attached hydrogen (secondary N) is 1. The summed E-state index contributed by atoms with van der Waals surface area (Å²) in [7, 11) is -0.517. The summed E-state index contributed by atoms with van der Waals surface area (Å²) in [5.41, 5.74) is 2.25. The van der Waals surface area contributed by atoms with E-state index < -0.39 is 10.0 Å². The van der Waals surface area contributed by atoms with Gasteiger partial charge in [0.1, 0.15) is 0 Å². The molecular formula is C21H22ClN3O3S2. The Morgan fingerprint density at radius 2 is 1.80 bits per heavy atom. The average molecular weight is 464 g/mol. The van der Waals surface area contributed by atoms with Gasteiger partial charge in [0.25, 0.3) is 0 Å². The van der Waals surface area contributed by atoms with Crippen LogP contribution in [0.2, 0.25) is 5.02 Å². The minimum atomic E-state index is -3.52. The number of nitrogens with zero attached hydrogens (tertiary/aromatic N) is 2. The fourth-order valence-corrected chi connectivity index (χ4v) is 4.76. The molecule has 0 aliphatic rings. The number of fused-ring (bicyclic) bond motifs is 1. The Morgan fingerprint density at radius 1 is 1.13 bits per heavy atom. The molecule has 0 aliphatic heterocycles. The van der Waals surface area contributed by atoms with Crippen molar-refractivity contribution in [2.45, 2.75) is 29.0 Å². The van der Waals surface area contributed by atoms with Crippen molar-refractivity contribution in [3.05, 3.63) is 59.1 Å². The molecule has 9 heteroatoms. The summed E-state index contributed by atoms with van der Waals surface area (Å²) in [5, 5.41) is 4.55. The topological polar surface area (TPSA) is 79.4 Å². The number of aryl methyl sites for hydroxylation is 1. The summed E-state index contributed by atoms with van der Waals surface area (Å²) in [4.78, 5) is 17.3. The molecule has 3 rings (SSSR count). The molecule has 0 bridgehead atoms. The number of thioether (sulfide) groups is 1. The summed E-state index contributed by atoms with van der Waals surface area (Å²) >= 11 is 7.21. The second-order valence-electron chi connectivity index (χ2n) is 7.00. The number of rotatable bonds is 6. The molecule has 0 radical (unpaired) electrons. The van der Waals surface area contributed by atoms with Crippen LogP contribution in [0.15, 0.2) is 58.5 Å². The van der Waals surface area contributed by atoms with Crippen molar-refractivity contribution in [1.29, 1.82) is 0 Å². The number of amides is 1. The van der Waals surface area contributed by atoms with E-state index in [0.29, 0.717) is 21.3 Å². The summed E-state index contributed by atoms with van der Waals surface area (Å²) in [5.74, 6) is -0.144. The van der Waals surface area contributed by atoms with Crippen LogP contribution < -0.4 is 5.32 Å². The third kappa shape index (κ3) is 4.95. The summed E-state index contributed by atoms with van der Waals surface area (Å²) in [6.45, 7) is 3.71. The summed E-state index contributed by atoms with van der Waals surface area (Å²) in [6, 6.07) is 13.7. The Morgan fingerprint density at radius 3 is 2.43 bits per heavy atom. The number of halogens is 1. The van der Waals surface area contributed by atoms with E-state index in [4.69, 9.17) is 11.6 Å². The first-order chi connectivity index (χ1) is 14.1. The van der Waals surface area contributed by atoms with Gasteiger partial charge in [0, 0.05) is 30.2 Å². The quantitative estimate of drug-likeness (QED) is 0.542. The Kier molecular flexibility index (Phi) is 6.71. The smallest absolute Gasteiger partial charge is 0.242 e. The lowest BCUT2D eigenvalue weighted by Gasteiger charge is -2.14. The molecule has 6 nitrogen and oxygen atoms in total. The molecule has 0 fully saturated rings. The van der Waals surface area contributed by atoms with Gasteiger partial charge in [-0.05, 0) is 67.9 Å². The molecule has 2 aromatic carbocycles. The third-order valence-electron chi connectivity index (χ3n) is 4.52. The zero-order valence-electron chi connectivity index (χ0n) is 17.0. The number of anilines is 1. The van der Waals surface area contributed by atoms with Crippen molar-refractivity contribution >= 4 is 55.9 Å². The van der Waals surface area contributed by atoms with Crippen LogP contribution in [-0.2, 0) is 14.8 Å². The Bertz CT molecular complexity index is 1200. The molecule has 3 aromatic rings. The first kappa shape index (κ1) is 22.6. The number of carbonyl (C=O) groups is 1. The van der Waals surface area contributed by atoms with Crippen LogP contribution in [0, 0.1) is 6.92 Å². The molecule has 1 aromatic heterocycles. The van der Waals surface area contributed by atoms with E-state index in [9.17, 15) is 13.2 Å². The Labute approximate surface area is 185 Å². The molecule has 1 heterocycles. The van der Waals surface area contributed by atoms with E-state index >= 15 is 0 Å². The monoisotopic (exact) mass is 463 g/mol. The standard InChI is InChI=1S/C21H22ClN3O3S2/c1-13-11-20(29-14(2)21(26)23-16-7-5-15(22)6-8-16)24-19-10-9-17(12-18(13)19)30(27,28)25(3)4/h5-12,14H,1-4H3,(H,23,26). The van der Waals surface area contributed by atoms with Crippen molar-refractivity contribution in [3.63, 3.8) is 0 Å². The van der Waals surface area contributed by atoms with Crippen molar-refractivity contribution in [3.8, 4) is 0 Å². The zero-order valence-corrected chi connectivity index (χ0v) is 19.4. The van der Waals surface area contributed by atoms with E-state index in [0.717, 1.165) is 10.9 Å². The number of aromatic nitrogens is 1. The van der Waals surface area contributed by atoms with Gasteiger partial charge in [0.05, 0.1) is 20.7 Å². The highest BCUT2D eigenvalue weighted by molar-refractivity contribution is 8.00. The van der Waals surface area contributed by atoms with Crippen LogP contribution in [0.4, 0.5) is 5.69 Å². The molecular weight excluding hydrogens is 442 g/mol. The van der Waals surface area contributed by atoms with E-state index in [2.05, 4.69) is 10.3 Å². The number of hydrogen-bond acceptors (Lipinski definition) is 5. The van der Waals surface area contributed by atoms with Gasteiger partial charge in [-0.25, -0.2) is 17.7 Å². The highest BCUT2D eigenvalue weighted by Crippen LogP contribution is 2.29. The van der Waals surface area contributed by atoms with Crippen LogP contribution >= 0.6 is 23.4 Å². The molecule has 1 unspecified atom stereocenters. The number of carbonyl (C=O) groups excluding carboxylic acids is 1. The van der Waals surface area contributed by atoms with Crippen LogP contribution in [0.3, 0.4) is 0 Å². The largest absolute Gasteiger partial charge is 0.325 e. The molecule has 0 saturated carbocycles. The van der Waals surface area contributed by atoms with Crippen molar-refractivity contribution < 1.29 is 13.2 Å². The highest BCUT2D eigenvalue weighted by atomic mass is 35.5. The predicted molar refractivity (Wildman–Crippen MR) is 123 cm³/mol. The number of sulfonamides is 1. The SMILES string of the molecule is Cc1cc(SC(C)C(=O)Nc2ccc(Cl)cc2)nc2ccc(S(=O)(=O)N(C)C)cc12. The van der Waals surface area contributed by atoms with Crippen LogP contribution in [0.1, 0.15) is 12.5 Å². The summed E-state index contributed by atoms with van der Waals surface area (Å²) in [6.07, 6.45) is 0. The van der Waals surface area contributed by atoms with Crippen LogP contribution in [0.25, 0.3) is 10.9 Å². The van der Waals surface area contributed by atoms with Gasteiger partial charge < -0.3 is 5.32 Å². The molecule has 0 aliphatic carbocycles. The van der Waals surface area contributed by atoms with Gasteiger partial charge in [-0.3, -0.25) is 4.79 Å². The van der Waals surface area contributed by atoms with Gasteiger partial charge >= 0.3 is 0 Å². The minimum absolute atomic E-state index is 0.144. The summed E-state index contributed by atoms with van der Waals surface area (Å²) < 4.78 is 26.0. The molecule has 0 spiro atoms. The maximum atomic E-state index is 12.5. The fraction of sp³-hybridized carbons (Fsp3) is 0.238. The van der Waals surface area contributed by atoms with Crippen LogP contribution in [-0.4, -0.2) is 43.0 Å². The zero-order chi connectivity index (χ0) is 22.1. The van der Waals surface area contributed by atoms with E-state index in [-0.39, 0.29) is 16.1 Å². The van der Waals surface area contributed by atoms with E-state index in [1.807, 2.05) is 19.9 Å². The van der Waals surface area contributed by atoms with Crippen LogP contribution in [0.5, 0.6) is 0 Å². The third-order valence-corrected chi connectivity index (χ3v) is 7.60. The lowest BCUT2D eigenvalue weighted by atomic mass is 10.1. The van der Waals surface area contributed by atoms with Gasteiger partial charge in [-0.15, -0.1) is 0 Å². The second kappa shape index (κ2) is 8.93. The molecule has 1 N–H and O–H groups in total. The van der Waals surface area contributed by atoms with Crippen molar-refractivity contribution in [2.75, 3.05) is 19.4 Å².